The molecule has 0 saturated heterocycles. The van der Waals surface area contributed by atoms with Gasteiger partial charge >= 0.3 is 0 Å². The maximum Gasteiger partial charge on any atom is 0.235 e. The number of methoxy groups -OCH3 is 3. The third kappa shape index (κ3) is 7.63. The third-order valence-electron chi connectivity index (χ3n) is 9.90. The van der Waals surface area contributed by atoms with Crippen molar-refractivity contribution in [1.29, 1.82) is 0 Å². The number of fused-ring (bicyclic) bond motifs is 5. The van der Waals surface area contributed by atoms with Gasteiger partial charge in [0.25, 0.3) is 0 Å². The van der Waals surface area contributed by atoms with Crippen LogP contribution in [0.15, 0.2) is 102 Å². The van der Waals surface area contributed by atoms with Gasteiger partial charge in [-0.2, -0.15) is 28.8 Å². The van der Waals surface area contributed by atoms with E-state index in [0.717, 1.165) is 74.8 Å². The number of hydrogen-bond donors (Lipinski definition) is 0. The summed E-state index contributed by atoms with van der Waals surface area (Å²) in [6.45, 7) is 0.686. The average Bonchev–Trinajstić information content (AvgIpc) is 4.20. The van der Waals surface area contributed by atoms with Crippen LogP contribution in [0.1, 0.15) is 5.82 Å². The van der Waals surface area contributed by atoms with Crippen molar-refractivity contribution in [3.63, 3.8) is 0 Å². The second kappa shape index (κ2) is 17.5. The smallest absolute Gasteiger partial charge is 0.235 e. The fourth-order valence-electron chi connectivity index (χ4n) is 6.82. The molecule has 0 amide bonds. The molecule has 0 atom stereocenters. The highest BCUT2D eigenvalue weighted by atomic mass is 32.1. The van der Waals surface area contributed by atoms with Crippen molar-refractivity contribution >= 4 is 71.3 Å². The van der Waals surface area contributed by atoms with Crippen LogP contribution in [0.5, 0.6) is 28.7 Å². The zero-order valence-corrected chi connectivity index (χ0v) is 37.8. The summed E-state index contributed by atoms with van der Waals surface area (Å²) in [5, 5.41) is 50.7. The Bertz CT molecular complexity index is 3590. The number of rotatable bonds is 9. The predicted octanol–water partition coefficient (Wildman–Crippen LogP) is 7.23. The Morgan fingerprint density at radius 2 is 1.36 bits per heavy atom. The fourth-order valence-corrected chi connectivity index (χ4v) is 9.86. The van der Waals surface area contributed by atoms with E-state index in [1.807, 2.05) is 84.2 Å². The lowest BCUT2D eigenvalue weighted by Gasteiger charge is -2.13. The van der Waals surface area contributed by atoms with E-state index < -0.39 is 0 Å². The molecule has 21 nitrogen and oxygen atoms in total. The quantitative estimate of drug-likeness (QED) is 0.139. The largest absolute Gasteiger partial charge is 0.493 e. The maximum absolute atomic E-state index is 5.45. The molecule has 3 aromatic carbocycles. The standard InChI is InChI=1S/C17H11N7O2S.C16H14N4O3S2.C8H5N5S/c1-2-4-12-11(3-1)18-22-23(12)8-15-19-20-17-24(15)21-16(27-17)10-5-6-13-14(7-10)26-9-25-13;1-21-10-7-9(8-11(22-2)13(10)23-3)14-17-18-16-20(14)19-15(25-16)12-5-4-6-24-12;1-3-9-4-2-6(1)7-11-12-8-13(7)10-5-14-8/h1-7H,8-9H2;4-8H,1-3H3;1-5H. The zero-order chi connectivity index (χ0) is 44.6. The minimum absolute atomic E-state index is 0.250. The van der Waals surface area contributed by atoms with Crippen LogP contribution in [0.2, 0.25) is 0 Å². The minimum Gasteiger partial charge on any atom is -0.493 e. The van der Waals surface area contributed by atoms with Crippen molar-refractivity contribution < 1.29 is 23.7 Å². The van der Waals surface area contributed by atoms with Gasteiger partial charge in [0.2, 0.25) is 27.4 Å². The van der Waals surface area contributed by atoms with Gasteiger partial charge in [0.05, 0.1) is 31.7 Å². The van der Waals surface area contributed by atoms with Crippen LogP contribution in [0.4, 0.5) is 0 Å². The van der Waals surface area contributed by atoms with Crippen molar-refractivity contribution in [2.45, 2.75) is 6.54 Å². The molecule has 0 N–H and O–H groups in total. The summed E-state index contributed by atoms with van der Waals surface area (Å²) < 4.78 is 34.0. The number of pyridine rings is 1. The van der Waals surface area contributed by atoms with E-state index in [1.165, 1.54) is 34.0 Å². The molecule has 9 aromatic heterocycles. The highest BCUT2D eigenvalue weighted by Crippen LogP contribution is 2.42. The Hall–Kier alpha value is -8.00. The van der Waals surface area contributed by atoms with Crippen molar-refractivity contribution in [3.8, 4) is 72.0 Å². The Balaban J connectivity index is 0.000000115. The van der Waals surface area contributed by atoms with Crippen LogP contribution >= 0.6 is 45.3 Å². The number of nitrogens with zero attached hydrogens (tertiary/aromatic N) is 16. The maximum atomic E-state index is 5.45. The molecule has 1 aliphatic rings. The molecule has 0 spiro atoms. The van der Waals surface area contributed by atoms with Crippen LogP contribution < -0.4 is 23.7 Å². The van der Waals surface area contributed by atoms with Crippen LogP contribution in [-0.2, 0) is 6.54 Å². The molecular weight excluding hydrogens is 925 g/mol. The molecule has 0 aliphatic carbocycles. The molecule has 10 heterocycles. The highest BCUT2D eigenvalue weighted by molar-refractivity contribution is 7.23. The van der Waals surface area contributed by atoms with Crippen LogP contribution in [0.3, 0.4) is 0 Å². The number of thiophene rings is 1. The molecule has 0 fully saturated rings. The normalized spacial score (nSPS) is 11.8. The summed E-state index contributed by atoms with van der Waals surface area (Å²) in [6, 6.07) is 25.1. The van der Waals surface area contributed by atoms with Gasteiger partial charge in [0, 0.05) is 29.1 Å². The molecule has 0 bridgehead atoms. The number of para-hydroxylation sites is 1. The Kier molecular flexibility index (Phi) is 10.8. The van der Waals surface area contributed by atoms with Crippen LogP contribution in [0.25, 0.3) is 69.1 Å². The van der Waals surface area contributed by atoms with Gasteiger partial charge < -0.3 is 23.7 Å². The molecule has 0 unspecified atom stereocenters. The van der Waals surface area contributed by atoms with E-state index in [9.17, 15) is 0 Å². The first kappa shape index (κ1) is 40.8. The number of aromatic nitrogens is 16. The first-order valence-corrected chi connectivity index (χ1v) is 23.0. The van der Waals surface area contributed by atoms with Crippen LogP contribution in [-0.4, -0.2) is 108 Å². The summed E-state index contributed by atoms with van der Waals surface area (Å²) in [4.78, 5) is 7.31. The van der Waals surface area contributed by atoms with Gasteiger partial charge in [-0.25, -0.2) is 4.68 Å². The summed E-state index contributed by atoms with van der Waals surface area (Å²) in [7, 11) is 4.74. The second-order valence-corrected chi connectivity index (χ2v) is 17.4. The Morgan fingerprint density at radius 1 is 0.621 bits per heavy atom. The average molecular weight is 955 g/mol. The number of benzene rings is 3. The number of ether oxygens (including phenoxy) is 5. The SMILES string of the molecule is COc1cc(-c2nnc3sc(-c4cccs4)nn23)cc(OC)c1OC.c1cc(-c2nnc3scnn23)ccn1.c1ccc2c(c1)nnn2Cc1nnc2sc(-c3ccc4c(c3)OCO4)nn12. The Labute approximate surface area is 387 Å². The topological polar surface area (TPSA) is 219 Å². The minimum atomic E-state index is 0.250. The van der Waals surface area contributed by atoms with E-state index in [-0.39, 0.29) is 6.79 Å². The second-order valence-electron chi connectivity index (χ2n) is 13.7. The van der Waals surface area contributed by atoms with E-state index in [0.29, 0.717) is 35.4 Å². The first-order chi connectivity index (χ1) is 32.5. The number of hydrogen-bond acceptors (Lipinski definition) is 21. The van der Waals surface area contributed by atoms with Crippen molar-refractivity contribution in [3.05, 3.63) is 108 Å². The monoisotopic (exact) mass is 954 g/mol. The fraction of sp³-hybridized carbons (Fsp3) is 0.122. The molecule has 328 valence electrons. The molecule has 0 radical (unpaired) electrons. The van der Waals surface area contributed by atoms with Gasteiger partial charge in [-0.3, -0.25) is 4.98 Å². The van der Waals surface area contributed by atoms with Gasteiger partial charge in [0.1, 0.15) is 22.6 Å². The Morgan fingerprint density at radius 3 is 2.17 bits per heavy atom. The van der Waals surface area contributed by atoms with Gasteiger partial charge in [-0.05, 0) is 66.0 Å². The lowest BCUT2D eigenvalue weighted by Crippen LogP contribution is -2.06. The van der Waals surface area contributed by atoms with Gasteiger partial charge in [-0.15, -0.1) is 47.0 Å². The van der Waals surface area contributed by atoms with Crippen molar-refractivity contribution in [1.82, 2.24) is 79.4 Å². The summed E-state index contributed by atoms with van der Waals surface area (Å²) in [5.74, 6) is 5.20. The third-order valence-corrected chi connectivity index (χ3v) is 13.5. The summed E-state index contributed by atoms with van der Waals surface area (Å²) in [6.07, 6.45) is 3.45. The molecule has 12 aromatic rings. The van der Waals surface area contributed by atoms with Gasteiger partial charge in [-0.1, -0.05) is 57.4 Å². The first-order valence-electron chi connectivity index (χ1n) is 19.6. The molecule has 1 aliphatic heterocycles. The van der Waals surface area contributed by atoms with E-state index >= 15 is 0 Å². The molecule has 25 heteroatoms. The highest BCUT2D eigenvalue weighted by Gasteiger charge is 2.21. The lowest BCUT2D eigenvalue weighted by atomic mass is 10.1. The molecular formula is C41H30N16O5S4. The summed E-state index contributed by atoms with van der Waals surface area (Å²) in [5.41, 5.74) is 6.24. The van der Waals surface area contributed by atoms with Gasteiger partial charge in [0.15, 0.2) is 45.5 Å². The van der Waals surface area contributed by atoms with E-state index in [4.69, 9.17) is 23.7 Å². The summed E-state index contributed by atoms with van der Waals surface area (Å²) >= 11 is 6.08. The zero-order valence-electron chi connectivity index (χ0n) is 34.6. The van der Waals surface area contributed by atoms with E-state index in [2.05, 4.69) is 61.2 Å². The van der Waals surface area contributed by atoms with Crippen LogP contribution in [0, 0.1) is 0 Å². The predicted molar refractivity (Wildman–Crippen MR) is 246 cm³/mol. The molecule has 0 saturated carbocycles. The molecule has 13 rings (SSSR count). The lowest BCUT2D eigenvalue weighted by molar-refractivity contribution is 0.174. The van der Waals surface area contributed by atoms with Crippen molar-refractivity contribution in [2.75, 3.05) is 28.1 Å². The van der Waals surface area contributed by atoms with E-state index in [1.54, 1.807) is 68.8 Å². The molecule has 66 heavy (non-hydrogen) atoms. The van der Waals surface area contributed by atoms with Crippen molar-refractivity contribution in [2.24, 2.45) is 0 Å².